The smallest absolute Gasteiger partial charge is 0.208 e. The zero-order valence-corrected chi connectivity index (χ0v) is 8.98. The van der Waals surface area contributed by atoms with Gasteiger partial charge in [-0.25, -0.2) is 0 Å². The van der Waals surface area contributed by atoms with Crippen molar-refractivity contribution < 1.29 is 26.8 Å². The van der Waals surface area contributed by atoms with Crippen LogP contribution in [0.3, 0.4) is 0 Å². The number of amidine groups is 1. The van der Waals surface area contributed by atoms with Gasteiger partial charge in [-0.05, 0) is 5.92 Å². The fourth-order valence-electron chi connectivity index (χ4n) is 0.897. The minimum Gasteiger partial charge on any atom is -1.00 e. The van der Waals surface area contributed by atoms with Crippen LogP contribution in [0.15, 0.2) is 29.7 Å². The summed E-state index contributed by atoms with van der Waals surface area (Å²) in [5.41, 5.74) is 6.03. The number of nitrogens with two attached hydrogens (primary N) is 1. The van der Waals surface area contributed by atoms with Crippen molar-refractivity contribution in [3.05, 3.63) is 30.1 Å². The molecule has 0 unspecified atom stereocenters. The van der Waals surface area contributed by atoms with Gasteiger partial charge in [0.1, 0.15) is 0 Å². The van der Waals surface area contributed by atoms with Gasteiger partial charge in [0.15, 0.2) is 18.2 Å². The number of aromatic nitrogens is 1. The van der Waals surface area contributed by atoms with Crippen LogP contribution in [0.4, 0.5) is 0 Å². The standard InChI is InChI=1S/C9H9N3O.BrH/c1-2-5-12-6-3-8(4-7-12)9(10)11-13;/h1,3-4,6-7H,5,10H2;1H. The summed E-state index contributed by atoms with van der Waals surface area (Å²) in [5, 5.41) is 11.3. The zero-order chi connectivity index (χ0) is 9.68. The minimum atomic E-state index is 0. The second-order valence-corrected chi connectivity index (χ2v) is 2.45. The average Bonchev–Trinajstić information content (AvgIpc) is 2.18. The van der Waals surface area contributed by atoms with E-state index in [0.29, 0.717) is 12.1 Å². The molecule has 0 spiro atoms. The fourth-order valence-corrected chi connectivity index (χ4v) is 0.897. The SMILES string of the molecule is C#CC[n+]1ccc(/C(N)=N/O)cc1.[Br-]. The molecule has 14 heavy (non-hydrogen) atoms. The Bertz CT molecular complexity index is 353. The van der Waals surface area contributed by atoms with Crippen molar-refractivity contribution in [3.8, 4) is 12.3 Å². The predicted octanol–water partition coefficient (Wildman–Crippen LogP) is -3.29. The van der Waals surface area contributed by atoms with Gasteiger partial charge in [-0.1, -0.05) is 5.16 Å². The average molecular weight is 256 g/mol. The molecule has 0 aliphatic rings. The highest BCUT2D eigenvalue weighted by molar-refractivity contribution is 5.96. The molecule has 0 saturated heterocycles. The Labute approximate surface area is 92.8 Å². The molecule has 0 saturated carbocycles. The first-order valence-corrected chi connectivity index (χ1v) is 3.68. The van der Waals surface area contributed by atoms with E-state index in [1.807, 2.05) is 4.57 Å². The summed E-state index contributed by atoms with van der Waals surface area (Å²) >= 11 is 0. The van der Waals surface area contributed by atoms with E-state index in [1.165, 1.54) is 0 Å². The van der Waals surface area contributed by atoms with Gasteiger partial charge >= 0.3 is 0 Å². The molecule has 0 aliphatic carbocycles. The highest BCUT2D eigenvalue weighted by Gasteiger charge is 2.01. The molecule has 0 fully saturated rings. The molecule has 5 heteroatoms. The zero-order valence-electron chi connectivity index (χ0n) is 7.39. The summed E-state index contributed by atoms with van der Waals surface area (Å²) in [7, 11) is 0. The van der Waals surface area contributed by atoms with Crippen LogP contribution in [-0.4, -0.2) is 11.0 Å². The van der Waals surface area contributed by atoms with Gasteiger partial charge in [0, 0.05) is 17.7 Å². The number of hydrogen-bond donors (Lipinski definition) is 2. The first kappa shape index (κ1) is 12.5. The number of hydrogen-bond acceptors (Lipinski definition) is 2. The van der Waals surface area contributed by atoms with Crippen LogP contribution in [-0.2, 0) is 6.54 Å². The number of nitrogens with zero attached hydrogens (tertiary/aromatic N) is 2. The summed E-state index contributed by atoms with van der Waals surface area (Å²) in [4.78, 5) is 0. The molecule has 0 radical (unpaired) electrons. The monoisotopic (exact) mass is 255 g/mol. The third kappa shape index (κ3) is 3.07. The predicted molar refractivity (Wildman–Crippen MR) is 48.0 cm³/mol. The molecule has 0 aliphatic heterocycles. The molecule has 4 nitrogen and oxygen atoms in total. The lowest BCUT2D eigenvalue weighted by atomic mass is 10.2. The summed E-state index contributed by atoms with van der Waals surface area (Å²) in [6, 6.07) is 3.46. The second-order valence-electron chi connectivity index (χ2n) is 2.45. The normalized spacial score (nSPS) is 10.1. The van der Waals surface area contributed by atoms with Gasteiger partial charge in [0.25, 0.3) is 0 Å². The highest BCUT2D eigenvalue weighted by atomic mass is 79.9. The van der Waals surface area contributed by atoms with E-state index in [4.69, 9.17) is 17.4 Å². The number of rotatable bonds is 2. The van der Waals surface area contributed by atoms with Crippen molar-refractivity contribution in [2.45, 2.75) is 6.54 Å². The molecule has 0 amide bonds. The van der Waals surface area contributed by atoms with Crippen molar-refractivity contribution in [2.24, 2.45) is 10.9 Å². The molecule has 1 heterocycles. The summed E-state index contributed by atoms with van der Waals surface area (Å²) in [5.74, 6) is 2.59. The summed E-state index contributed by atoms with van der Waals surface area (Å²) in [6.45, 7) is 0.510. The molecule has 1 rings (SSSR count). The van der Waals surface area contributed by atoms with Gasteiger partial charge in [-0.15, -0.1) is 6.42 Å². The lowest BCUT2D eigenvalue weighted by molar-refractivity contribution is -0.684. The van der Waals surface area contributed by atoms with E-state index < -0.39 is 0 Å². The molecule has 0 aromatic carbocycles. The molecular formula is C9H10BrN3O. The van der Waals surface area contributed by atoms with E-state index in [-0.39, 0.29) is 22.8 Å². The van der Waals surface area contributed by atoms with Crippen LogP contribution >= 0.6 is 0 Å². The largest absolute Gasteiger partial charge is 1.00 e. The quantitative estimate of drug-likeness (QED) is 0.145. The highest BCUT2D eigenvalue weighted by Crippen LogP contribution is 1.93. The van der Waals surface area contributed by atoms with Crippen molar-refractivity contribution in [2.75, 3.05) is 0 Å². The third-order valence-electron chi connectivity index (χ3n) is 1.57. The maximum atomic E-state index is 8.38. The number of oxime groups is 1. The Hall–Kier alpha value is -1.54. The molecule has 3 N–H and O–H groups in total. The van der Waals surface area contributed by atoms with Crippen LogP contribution in [0.25, 0.3) is 0 Å². The number of terminal acetylenes is 1. The molecule has 0 bridgehead atoms. The van der Waals surface area contributed by atoms with Crippen LogP contribution in [0.1, 0.15) is 5.56 Å². The Kier molecular flexibility index (Phi) is 5.34. The van der Waals surface area contributed by atoms with Gasteiger partial charge in [-0.3, -0.25) is 0 Å². The second kappa shape index (κ2) is 6.00. The Morgan fingerprint density at radius 1 is 1.57 bits per heavy atom. The Morgan fingerprint density at radius 3 is 2.57 bits per heavy atom. The topological polar surface area (TPSA) is 62.5 Å². The lowest BCUT2D eigenvalue weighted by Crippen LogP contribution is -3.00. The van der Waals surface area contributed by atoms with E-state index in [1.54, 1.807) is 24.5 Å². The maximum Gasteiger partial charge on any atom is 0.208 e. The first-order chi connectivity index (χ1) is 6.27. The van der Waals surface area contributed by atoms with Crippen molar-refractivity contribution in [3.63, 3.8) is 0 Å². The van der Waals surface area contributed by atoms with Crippen LogP contribution in [0.5, 0.6) is 0 Å². The summed E-state index contributed by atoms with van der Waals surface area (Å²) < 4.78 is 1.81. The van der Waals surface area contributed by atoms with Crippen molar-refractivity contribution in [1.82, 2.24) is 0 Å². The van der Waals surface area contributed by atoms with Crippen LogP contribution in [0.2, 0.25) is 0 Å². The third-order valence-corrected chi connectivity index (χ3v) is 1.57. The van der Waals surface area contributed by atoms with Gasteiger partial charge < -0.3 is 27.9 Å². The number of pyridine rings is 1. The minimum absolute atomic E-state index is 0. The maximum absolute atomic E-state index is 8.38. The van der Waals surface area contributed by atoms with E-state index in [9.17, 15) is 0 Å². The van der Waals surface area contributed by atoms with E-state index in [0.717, 1.165) is 0 Å². The van der Waals surface area contributed by atoms with Gasteiger partial charge in [0.2, 0.25) is 6.54 Å². The van der Waals surface area contributed by atoms with Crippen LogP contribution < -0.4 is 27.3 Å². The van der Waals surface area contributed by atoms with Crippen molar-refractivity contribution in [1.29, 1.82) is 0 Å². The van der Waals surface area contributed by atoms with E-state index in [2.05, 4.69) is 11.1 Å². The Morgan fingerprint density at radius 2 is 2.14 bits per heavy atom. The molecule has 0 atom stereocenters. The first-order valence-electron chi connectivity index (χ1n) is 3.68. The van der Waals surface area contributed by atoms with Gasteiger partial charge in [-0.2, -0.15) is 4.57 Å². The molecule has 74 valence electrons. The molecule has 1 aromatic heterocycles. The lowest BCUT2D eigenvalue weighted by Gasteiger charge is -1.95. The molecular weight excluding hydrogens is 246 g/mol. The number of halogens is 1. The van der Waals surface area contributed by atoms with Gasteiger partial charge in [0.05, 0.1) is 0 Å². The molecule has 1 aromatic rings. The summed E-state index contributed by atoms with van der Waals surface area (Å²) in [6.07, 6.45) is 8.67. The fraction of sp³-hybridized carbons (Fsp3) is 0.111. The van der Waals surface area contributed by atoms with Crippen LogP contribution in [0, 0.1) is 12.3 Å². The van der Waals surface area contributed by atoms with E-state index >= 15 is 0 Å². The Balaban J connectivity index is 0.00000169. The van der Waals surface area contributed by atoms with Crippen molar-refractivity contribution >= 4 is 5.84 Å².